The van der Waals surface area contributed by atoms with Crippen molar-refractivity contribution in [1.82, 2.24) is 20.1 Å². The van der Waals surface area contributed by atoms with Crippen molar-refractivity contribution in [2.75, 3.05) is 10.6 Å². The Kier molecular flexibility index (Phi) is 6.24. The topological polar surface area (TPSA) is 118 Å². The average molecular weight is 477 g/mol. The number of nitrogens with zero attached hydrogens (tertiary/aromatic N) is 4. The summed E-state index contributed by atoms with van der Waals surface area (Å²) in [5.74, 6) is 0.628. The summed E-state index contributed by atoms with van der Waals surface area (Å²) in [5, 5.41) is 19.2. The van der Waals surface area contributed by atoms with Crippen LogP contribution in [0.25, 0.3) is 0 Å². The fourth-order valence-electron chi connectivity index (χ4n) is 2.60. The summed E-state index contributed by atoms with van der Waals surface area (Å²) >= 11 is 11.8. The molecule has 12 heteroatoms. The van der Waals surface area contributed by atoms with Crippen LogP contribution in [0.3, 0.4) is 0 Å². The lowest BCUT2D eigenvalue weighted by atomic mass is 10.3. The summed E-state index contributed by atoms with van der Waals surface area (Å²) in [7, 11) is 0. The highest BCUT2D eigenvalue weighted by atomic mass is 35.5. The maximum Gasteiger partial charge on any atom is 0.264 e. The Hall–Kier alpha value is -3.63. The Labute approximate surface area is 191 Å². The summed E-state index contributed by atoms with van der Waals surface area (Å²) in [4.78, 5) is 12.1. The lowest BCUT2D eigenvalue weighted by Crippen LogP contribution is -2.03. The molecule has 0 saturated heterocycles. The number of halogens is 3. The Balaban J connectivity index is 1.43. The van der Waals surface area contributed by atoms with E-state index >= 15 is 0 Å². The number of nitrogens with one attached hydrogen (secondary N) is 2. The van der Waals surface area contributed by atoms with E-state index in [0.29, 0.717) is 28.8 Å². The van der Waals surface area contributed by atoms with Crippen LogP contribution in [-0.4, -0.2) is 25.2 Å². The molecule has 0 spiro atoms. The van der Waals surface area contributed by atoms with Crippen molar-refractivity contribution in [3.63, 3.8) is 0 Å². The van der Waals surface area contributed by atoms with Gasteiger partial charge < -0.3 is 25.0 Å². The molecule has 9 nitrogen and oxygen atoms in total. The minimum Gasteiger partial charge on any atom is -0.505 e. The van der Waals surface area contributed by atoms with Crippen LogP contribution >= 0.6 is 23.2 Å². The number of rotatable bonds is 7. The summed E-state index contributed by atoms with van der Waals surface area (Å²) < 4.78 is 24.8. The molecular weight excluding hydrogens is 462 g/mol. The van der Waals surface area contributed by atoms with Gasteiger partial charge in [-0.1, -0.05) is 28.4 Å². The summed E-state index contributed by atoms with van der Waals surface area (Å²) in [6.45, 7) is 1.85. The number of aromatic hydroxyl groups is 1. The van der Waals surface area contributed by atoms with E-state index in [1.54, 1.807) is 31.2 Å². The third-order valence-corrected chi connectivity index (χ3v) is 4.64. The van der Waals surface area contributed by atoms with Gasteiger partial charge in [0.1, 0.15) is 5.75 Å². The molecule has 2 heterocycles. The zero-order valence-corrected chi connectivity index (χ0v) is 17.9. The van der Waals surface area contributed by atoms with Gasteiger partial charge in [0.2, 0.25) is 5.95 Å². The third-order valence-electron chi connectivity index (χ3n) is 4.07. The van der Waals surface area contributed by atoms with Gasteiger partial charge in [-0.15, -0.1) is 0 Å². The van der Waals surface area contributed by atoms with Gasteiger partial charge in [-0.25, -0.2) is 9.37 Å². The first-order valence-corrected chi connectivity index (χ1v) is 9.89. The molecular formula is C20H15Cl2FN6O3. The monoisotopic (exact) mass is 476 g/mol. The number of aromatic nitrogens is 4. The molecule has 0 saturated carbocycles. The molecule has 0 bridgehead atoms. The van der Waals surface area contributed by atoms with E-state index in [9.17, 15) is 9.50 Å². The van der Waals surface area contributed by atoms with Crippen molar-refractivity contribution in [3.05, 3.63) is 70.2 Å². The molecule has 0 aliphatic rings. The van der Waals surface area contributed by atoms with Crippen LogP contribution in [0.5, 0.6) is 11.5 Å². The van der Waals surface area contributed by atoms with E-state index in [4.69, 9.17) is 32.5 Å². The van der Waals surface area contributed by atoms with Crippen LogP contribution < -0.4 is 15.4 Å². The number of anilines is 4. The van der Waals surface area contributed by atoms with Crippen molar-refractivity contribution in [3.8, 4) is 11.5 Å². The highest BCUT2D eigenvalue weighted by Gasteiger charge is 2.11. The molecule has 0 unspecified atom stereocenters. The van der Waals surface area contributed by atoms with E-state index in [0.717, 1.165) is 6.20 Å². The van der Waals surface area contributed by atoms with Crippen molar-refractivity contribution in [2.24, 2.45) is 0 Å². The molecule has 3 N–H and O–H groups in total. The number of ether oxygens (including phenoxy) is 1. The summed E-state index contributed by atoms with van der Waals surface area (Å²) in [6.07, 6.45) is 1.02. The van der Waals surface area contributed by atoms with Crippen molar-refractivity contribution < 1.29 is 18.8 Å². The minimum atomic E-state index is -0.649. The SMILES string of the molecule is Cc1noc(COc2ccc(Nc3nc(Nc4cc(Cl)c(O)c(Cl)c4)ncc3F)cc2)n1. The minimum absolute atomic E-state index is 0.0477. The molecule has 0 aliphatic carbocycles. The van der Waals surface area contributed by atoms with E-state index in [1.807, 2.05) is 0 Å². The Bertz CT molecular complexity index is 1230. The Morgan fingerprint density at radius 2 is 1.78 bits per heavy atom. The number of phenolic OH excluding ortho intramolecular Hbond substituents is 1. The first-order valence-electron chi connectivity index (χ1n) is 9.14. The van der Waals surface area contributed by atoms with Gasteiger partial charge in [0.05, 0.1) is 16.2 Å². The van der Waals surface area contributed by atoms with Gasteiger partial charge in [-0.05, 0) is 43.3 Å². The number of phenols is 1. The summed E-state index contributed by atoms with van der Waals surface area (Å²) in [5.41, 5.74) is 0.999. The lowest BCUT2D eigenvalue weighted by molar-refractivity contribution is 0.242. The van der Waals surface area contributed by atoms with Crippen molar-refractivity contribution in [2.45, 2.75) is 13.5 Å². The number of aryl methyl sites for hydroxylation is 1. The molecule has 0 fully saturated rings. The first kappa shape index (κ1) is 21.6. The van der Waals surface area contributed by atoms with E-state index < -0.39 is 5.82 Å². The van der Waals surface area contributed by atoms with Gasteiger partial charge in [0, 0.05) is 11.4 Å². The average Bonchev–Trinajstić information content (AvgIpc) is 3.19. The number of benzene rings is 2. The number of hydrogen-bond donors (Lipinski definition) is 3. The van der Waals surface area contributed by atoms with Gasteiger partial charge in [-0.2, -0.15) is 9.97 Å². The van der Waals surface area contributed by atoms with Crippen LogP contribution in [0, 0.1) is 12.7 Å². The predicted octanol–water partition coefficient (Wildman–Crippen LogP) is 5.39. The molecule has 0 amide bonds. The van der Waals surface area contributed by atoms with Crippen molar-refractivity contribution >= 4 is 46.3 Å². The normalized spacial score (nSPS) is 10.8. The second kappa shape index (κ2) is 9.25. The van der Waals surface area contributed by atoms with E-state index in [2.05, 4.69) is 30.7 Å². The maximum absolute atomic E-state index is 14.2. The van der Waals surface area contributed by atoms with Crippen LogP contribution in [0.2, 0.25) is 10.0 Å². The molecule has 2 aromatic carbocycles. The zero-order chi connectivity index (χ0) is 22.7. The quantitative estimate of drug-likeness (QED) is 0.301. The smallest absolute Gasteiger partial charge is 0.264 e. The van der Waals surface area contributed by atoms with Gasteiger partial charge >= 0.3 is 0 Å². The Morgan fingerprint density at radius 3 is 2.44 bits per heavy atom. The second-order valence-electron chi connectivity index (χ2n) is 6.48. The van der Waals surface area contributed by atoms with Crippen LogP contribution in [0.15, 0.2) is 47.1 Å². The van der Waals surface area contributed by atoms with Crippen LogP contribution in [0.1, 0.15) is 11.7 Å². The molecule has 0 aliphatic heterocycles. The molecule has 2 aromatic heterocycles. The van der Waals surface area contributed by atoms with Gasteiger partial charge in [0.25, 0.3) is 5.89 Å². The predicted molar refractivity (Wildman–Crippen MR) is 116 cm³/mol. The first-order chi connectivity index (χ1) is 15.4. The van der Waals surface area contributed by atoms with E-state index in [1.165, 1.54) is 12.1 Å². The van der Waals surface area contributed by atoms with Gasteiger partial charge in [0.15, 0.2) is 29.8 Å². The van der Waals surface area contributed by atoms with Crippen LogP contribution in [-0.2, 0) is 6.61 Å². The van der Waals surface area contributed by atoms with E-state index in [-0.39, 0.29) is 34.2 Å². The van der Waals surface area contributed by atoms with Crippen LogP contribution in [0.4, 0.5) is 27.5 Å². The number of hydrogen-bond acceptors (Lipinski definition) is 9. The molecule has 32 heavy (non-hydrogen) atoms. The zero-order valence-electron chi connectivity index (χ0n) is 16.4. The van der Waals surface area contributed by atoms with Crippen molar-refractivity contribution in [1.29, 1.82) is 0 Å². The standard InChI is InChI=1S/C20H15Cl2FN6O3/c1-10-25-17(32-29-10)9-31-13-4-2-11(3-5-13)26-19-16(23)8-24-20(28-19)27-12-6-14(21)18(30)15(22)7-12/h2-8,30H,9H2,1H3,(H2,24,26,27,28). The lowest BCUT2D eigenvalue weighted by Gasteiger charge is -2.11. The maximum atomic E-state index is 14.2. The largest absolute Gasteiger partial charge is 0.505 e. The third kappa shape index (κ3) is 5.16. The molecule has 164 valence electrons. The fourth-order valence-corrected chi connectivity index (χ4v) is 3.08. The Morgan fingerprint density at radius 1 is 1.06 bits per heavy atom. The summed E-state index contributed by atoms with van der Waals surface area (Å²) in [6, 6.07) is 9.67. The second-order valence-corrected chi connectivity index (χ2v) is 7.29. The molecule has 0 radical (unpaired) electrons. The highest BCUT2D eigenvalue weighted by molar-refractivity contribution is 6.37. The molecule has 4 rings (SSSR count). The molecule has 0 atom stereocenters. The fraction of sp³-hybridized carbons (Fsp3) is 0.100. The highest BCUT2D eigenvalue weighted by Crippen LogP contribution is 2.35. The molecule has 4 aromatic rings. The van der Waals surface area contributed by atoms with Gasteiger partial charge in [-0.3, -0.25) is 0 Å².